The highest BCUT2D eigenvalue weighted by Gasteiger charge is 2.13. The summed E-state index contributed by atoms with van der Waals surface area (Å²) in [7, 11) is 2.00. The van der Waals surface area contributed by atoms with E-state index in [1.165, 1.54) is 16.0 Å². The van der Waals surface area contributed by atoms with Crippen LogP contribution in [-0.4, -0.2) is 13.7 Å². The minimum absolute atomic E-state index is 0.232. The summed E-state index contributed by atoms with van der Waals surface area (Å²) in [4.78, 5) is 1.34. The van der Waals surface area contributed by atoms with E-state index in [0.29, 0.717) is 0 Å². The van der Waals surface area contributed by atoms with Crippen molar-refractivity contribution in [1.29, 1.82) is 0 Å². The van der Waals surface area contributed by atoms with Crippen LogP contribution in [0.4, 0.5) is 0 Å². The summed E-state index contributed by atoms with van der Waals surface area (Å²) in [5, 5.41) is 5.60. The van der Waals surface area contributed by atoms with Crippen LogP contribution in [0, 0.1) is 6.92 Å². The quantitative estimate of drug-likeness (QED) is 0.855. The van der Waals surface area contributed by atoms with Gasteiger partial charge in [0.25, 0.3) is 0 Å². The second-order valence-corrected chi connectivity index (χ2v) is 5.75. The fraction of sp³-hybridized carbons (Fsp3) is 0.375. The lowest BCUT2D eigenvalue weighted by atomic mass is 10.0. The summed E-state index contributed by atoms with van der Waals surface area (Å²) >= 11 is 1.79. The molecule has 0 fully saturated rings. The number of benzene rings is 1. The Morgan fingerprint density at radius 1 is 1.26 bits per heavy atom. The van der Waals surface area contributed by atoms with Gasteiger partial charge in [-0.2, -0.15) is 0 Å². The molecule has 0 amide bonds. The molecule has 3 heteroatoms. The molecule has 0 spiro atoms. The maximum Gasteiger partial charge on any atom is 0.119 e. The molecular weight excluding hydrogens is 254 g/mol. The van der Waals surface area contributed by atoms with E-state index in [1.807, 2.05) is 13.1 Å². The first-order chi connectivity index (χ1) is 9.24. The third-order valence-corrected chi connectivity index (χ3v) is 3.92. The maximum absolute atomic E-state index is 5.71. The Labute approximate surface area is 119 Å². The lowest BCUT2D eigenvalue weighted by Crippen LogP contribution is -2.17. The summed E-state index contributed by atoms with van der Waals surface area (Å²) in [6.45, 7) is 5.03. The van der Waals surface area contributed by atoms with Gasteiger partial charge in [0, 0.05) is 4.88 Å². The van der Waals surface area contributed by atoms with Crippen LogP contribution in [0.1, 0.15) is 35.4 Å². The zero-order chi connectivity index (χ0) is 13.7. The second-order valence-electron chi connectivity index (χ2n) is 4.63. The normalized spacial score (nSPS) is 12.4. The lowest BCUT2D eigenvalue weighted by Gasteiger charge is -2.16. The Hall–Kier alpha value is -1.32. The summed E-state index contributed by atoms with van der Waals surface area (Å²) in [5.41, 5.74) is 2.56. The van der Waals surface area contributed by atoms with Crippen molar-refractivity contribution in [1.82, 2.24) is 5.32 Å². The first-order valence-corrected chi connectivity index (χ1v) is 7.57. The van der Waals surface area contributed by atoms with E-state index >= 15 is 0 Å². The first-order valence-electron chi connectivity index (χ1n) is 6.69. The molecule has 2 aromatic rings. The SMILES string of the molecule is CCCOc1cccc(C(NC)c2csc(C)c2)c1. The molecule has 0 saturated carbocycles. The molecule has 0 bridgehead atoms. The van der Waals surface area contributed by atoms with Gasteiger partial charge < -0.3 is 10.1 Å². The van der Waals surface area contributed by atoms with E-state index in [2.05, 4.69) is 48.8 Å². The van der Waals surface area contributed by atoms with Gasteiger partial charge in [-0.3, -0.25) is 0 Å². The molecule has 0 aliphatic rings. The molecule has 0 aliphatic heterocycles. The van der Waals surface area contributed by atoms with Crippen molar-refractivity contribution in [2.75, 3.05) is 13.7 Å². The molecule has 1 unspecified atom stereocenters. The van der Waals surface area contributed by atoms with Gasteiger partial charge in [0.15, 0.2) is 0 Å². The third-order valence-electron chi connectivity index (χ3n) is 3.04. The Balaban J connectivity index is 2.23. The first kappa shape index (κ1) is 14.1. The summed E-state index contributed by atoms with van der Waals surface area (Å²) < 4.78 is 5.71. The van der Waals surface area contributed by atoms with Gasteiger partial charge in [0.1, 0.15) is 5.75 Å². The van der Waals surface area contributed by atoms with Crippen LogP contribution in [-0.2, 0) is 0 Å². The zero-order valence-electron chi connectivity index (χ0n) is 11.8. The number of rotatable bonds is 6. The maximum atomic E-state index is 5.71. The van der Waals surface area contributed by atoms with Crippen LogP contribution < -0.4 is 10.1 Å². The van der Waals surface area contributed by atoms with Crippen molar-refractivity contribution in [2.24, 2.45) is 0 Å². The molecule has 1 aromatic carbocycles. The van der Waals surface area contributed by atoms with Gasteiger partial charge in [-0.1, -0.05) is 19.1 Å². The summed E-state index contributed by atoms with van der Waals surface area (Å²) in [6.07, 6.45) is 1.03. The van der Waals surface area contributed by atoms with Crippen molar-refractivity contribution < 1.29 is 4.74 Å². The predicted molar refractivity (Wildman–Crippen MR) is 82.2 cm³/mol. The Bertz CT molecular complexity index is 521. The third kappa shape index (κ3) is 3.58. The number of nitrogens with one attached hydrogen (secondary N) is 1. The van der Waals surface area contributed by atoms with Gasteiger partial charge >= 0.3 is 0 Å². The molecule has 1 aromatic heterocycles. The zero-order valence-corrected chi connectivity index (χ0v) is 12.6. The number of hydrogen-bond acceptors (Lipinski definition) is 3. The van der Waals surface area contributed by atoms with Crippen molar-refractivity contribution in [2.45, 2.75) is 26.3 Å². The van der Waals surface area contributed by atoms with E-state index in [9.17, 15) is 0 Å². The molecule has 2 rings (SSSR count). The Morgan fingerprint density at radius 2 is 2.11 bits per heavy atom. The number of thiophene rings is 1. The van der Waals surface area contributed by atoms with Crippen LogP contribution in [0.3, 0.4) is 0 Å². The number of hydrogen-bond donors (Lipinski definition) is 1. The molecule has 0 radical (unpaired) electrons. The van der Waals surface area contributed by atoms with E-state index < -0.39 is 0 Å². The minimum Gasteiger partial charge on any atom is -0.494 e. The molecule has 1 heterocycles. The predicted octanol–water partition coefficient (Wildman–Crippen LogP) is 4.15. The molecule has 0 aliphatic carbocycles. The average Bonchev–Trinajstić information content (AvgIpc) is 2.84. The molecule has 19 heavy (non-hydrogen) atoms. The summed E-state index contributed by atoms with van der Waals surface area (Å²) in [5.74, 6) is 0.951. The fourth-order valence-corrected chi connectivity index (χ4v) is 2.87. The second kappa shape index (κ2) is 6.73. The fourth-order valence-electron chi connectivity index (χ4n) is 2.14. The number of ether oxygens (including phenoxy) is 1. The molecule has 2 nitrogen and oxygen atoms in total. The van der Waals surface area contributed by atoms with E-state index in [1.54, 1.807) is 11.3 Å². The van der Waals surface area contributed by atoms with Crippen molar-refractivity contribution in [3.63, 3.8) is 0 Å². The number of aryl methyl sites for hydroxylation is 1. The Kier molecular flexibility index (Phi) is 5.00. The van der Waals surface area contributed by atoms with Gasteiger partial charge in [-0.15, -0.1) is 11.3 Å². The van der Waals surface area contributed by atoms with E-state index in [-0.39, 0.29) is 6.04 Å². The van der Waals surface area contributed by atoms with Gasteiger partial charge in [-0.25, -0.2) is 0 Å². The molecule has 102 valence electrons. The Morgan fingerprint density at radius 3 is 2.74 bits per heavy atom. The van der Waals surface area contributed by atoms with Crippen LogP contribution in [0.2, 0.25) is 0 Å². The van der Waals surface area contributed by atoms with Crippen LogP contribution >= 0.6 is 11.3 Å². The van der Waals surface area contributed by atoms with E-state index in [0.717, 1.165) is 18.8 Å². The smallest absolute Gasteiger partial charge is 0.119 e. The molecular formula is C16H21NOS. The highest BCUT2D eigenvalue weighted by atomic mass is 32.1. The molecule has 1 N–H and O–H groups in total. The van der Waals surface area contributed by atoms with Crippen LogP contribution in [0.5, 0.6) is 5.75 Å². The topological polar surface area (TPSA) is 21.3 Å². The lowest BCUT2D eigenvalue weighted by molar-refractivity contribution is 0.317. The minimum atomic E-state index is 0.232. The largest absolute Gasteiger partial charge is 0.494 e. The monoisotopic (exact) mass is 275 g/mol. The molecule has 1 atom stereocenters. The van der Waals surface area contributed by atoms with Crippen molar-refractivity contribution in [3.05, 3.63) is 51.7 Å². The van der Waals surface area contributed by atoms with Crippen molar-refractivity contribution in [3.8, 4) is 5.75 Å². The van der Waals surface area contributed by atoms with Crippen molar-refractivity contribution >= 4 is 11.3 Å². The van der Waals surface area contributed by atoms with Gasteiger partial charge in [-0.05, 0) is 55.1 Å². The average molecular weight is 275 g/mol. The van der Waals surface area contributed by atoms with Crippen LogP contribution in [0.15, 0.2) is 35.7 Å². The van der Waals surface area contributed by atoms with Crippen LogP contribution in [0.25, 0.3) is 0 Å². The molecule has 0 saturated heterocycles. The van der Waals surface area contributed by atoms with Gasteiger partial charge in [0.05, 0.1) is 12.6 Å². The highest BCUT2D eigenvalue weighted by molar-refractivity contribution is 7.10. The highest BCUT2D eigenvalue weighted by Crippen LogP contribution is 2.28. The standard InChI is InChI=1S/C16H21NOS/c1-4-8-18-15-7-5-6-13(10-15)16(17-3)14-9-12(2)19-11-14/h5-7,9-11,16-17H,4,8H2,1-3H3. The van der Waals surface area contributed by atoms with Gasteiger partial charge in [0.2, 0.25) is 0 Å². The summed E-state index contributed by atoms with van der Waals surface area (Å²) in [6, 6.07) is 10.8. The van der Waals surface area contributed by atoms with E-state index in [4.69, 9.17) is 4.74 Å².